The van der Waals surface area contributed by atoms with Crippen molar-refractivity contribution in [3.8, 4) is 16.8 Å². The Bertz CT molecular complexity index is 750. The molecular weight excluding hydrogens is 267 g/mol. The molecule has 1 unspecified atom stereocenters. The average molecular weight is 282 g/mol. The van der Waals surface area contributed by atoms with Gasteiger partial charge in [-0.25, -0.2) is 9.07 Å². The Kier molecular flexibility index (Phi) is 3.54. The van der Waals surface area contributed by atoms with Crippen LogP contribution in [0.2, 0.25) is 0 Å². The molecular formula is C17H15FN2O. The molecule has 0 spiro atoms. The lowest BCUT2D eigenvalue weighted by atomic mass is 10.1. The number of halogens is 1. The van der Waals surface area contributed by atoms with Crippen LogP contribution >= 0.6 is 0 Å². The summed E-state index contributed by atoms with van der Waals surface area (Å²) in [6, 6.07) is 14.4. The van der Waals surface area contributed by atoms with Gasteiger partial charge in [0, 0.05) is 17.3 Å². The van der Waals surface area contributed by atoms with Gasteiger partial charge in [-0.2, -0.15) is 5.10 Å². The summed E-state index contributed by atoms with van der Waals surface area (Å²) in [5, 5.41) is 14.0. The summed E-state index contributed by atoms with van der Waals surface area (Å²) in [6.07, 6.45) is 2.69. The smallest absolute Gasteiger partial charge is 0.149 e. The van der Waals surface area contributed by atoms with Gasteiger partial charge in [0.1, 0.15) is 11.5 Å². The molecule has 0 saturated carbocycles. The predicted octanol–water partition coefficient (Wildman–Crippen LogP) is 3.73. The van der Waals surface area contributed by atoms with E-state index in [2.05, 4.69) is 5.10 Å². The second-order valence-electron chi connectivity index (χ2n) is 4.89. The molecule has 106 valence electrons. The lowest BCUT2D eigenvalue weighted by molar-refractivity contribution is 0.198. The van der Waals surface area contributed by atoms with E-state index in [1.165, 1.54) is 10.7 Å². The lowest BCUT2D eigenvalue weighted by Gasteiger charge is -2.12. The van der Waals surface area contributed by atoms with Crippen LogP contribution < -0.4 is 0 Å². The molecule has 1 N–H and O–H groups in total. The van der Waals surface area contributed by atoms with Gasteiger partial charge >= 0.3 is 0 Å². The monoisotopic (exact) mass is 282 g/mol. The van der Waals surface area contributed by atoms with Crippen molar-refractivity contribution in [1.82, 2.24) is 9.78 Å². The average Bonchev–Trinajstić information content (AvgIpc) is 2.97. The van der Waals surface area contributed by atoms with Gasteiger partial charge in [0.25, 0.3) is 0 Å². The maximum absolute atomic E-state index is 14.1. The highest BCUT2D eigenvalue weighted by Gasteiger charge is 2.15. The van der Waals surface area contributed by atoms with Crippen molar-refractivity contribution in [2.24, 2.45) is 0 Å². The highest BCUT2D eigenvalue weighted by molar-refractivity contribution is 5.62. The maximum Gasteiger partial charge on any atom is 0.149 e. The summed E-state index contributed by atoms with van der Waals surface area (Å²) in [4.78, 5) is 0. The number of aliphatic hydroxyl groups is 1. The molecule has 0 aliphatic rings. The molecule has 2 aromatic carbocycles. The Morgan fingerprint density at radius 3 is 2.52 bits per heavy atom. The van der Waals surface area contributed by atoms with E-state index in [0.717, 1.165) is 11.1 Å². The number of aliphatic hydroxyl groups excluding tert-OH is 1. The van der Waals surface area contributed by atoms with Crippen LogP contribution in [0.5, 0.6) is 0 Å². The first-order valence-electron chi connectivity index (χ1n) is 6.74. The van der Waals surface area contributed by atoms with Crippen molar-refractivity contribution in [1.29, 1.82) is 0 Å². The van der Waals surface area contributed by atoms with Crippen LogP contribution in [-0.4, -0.2) is 14.9 Å². The van der Waals surface area contributed by atoms with Crippen LogP contribution in [0.4, 0.5) is 4.39 Å². The van der Waals surface area contributed by atoms with Gasteiger partial charge in [-0.15, -0.1) is 0 Å². The Balaban J connectivity index is 2.09. The van der Waals surface area contributed by atoms with E-state index in [9.17, 15) is 9.50 Å². The van der Waals surface area contributed by atoms with Crippen molar-refractivity contribution in [2.75, 3.05) is 0 Å². The largest absolute Gasteiger partial charge is 0.389 e. The Morgan fingerprint density at radius 2 is 1.81 bits per heavy atom. The van der Waals surface area contributed by atoms with Gasteiger partial charge in [0.2, 0.25) is 0 Å². The molecule has 1 aromatic heterocycles. The summed E-state index contributed by atoms with van der Waals surface area (Å²) in [7, 11) is 0. The van der Waals surface area contributed by atoms with Gasteiger partial charge in [-0.3, -0.25) is 0 Å². The van der Waals surface area contributed by atoms with Crippen LogP contribution in [-0.2, 0) is 0 Å². The zero-order valence-corrected chi connectivity index (χ0v) is 11.6. The minimum Gasteiger partial charge on any atom is -0.389 e. The second-order valence-corrected chi connectivity index (χ2v) is 4.89. The number of nitrogens with zero attached hydrogens (tertiary/aromatic N) is 2. The van der Waals surface area contributed by atoms with E-state index in [0.29, 0.717) is 5.56 Å². The molecule has 3 nitrogen and oxygen atoms in total. The number of benzene rings is 2. The molecule has 21 heavy (non-hydrogen) atoms. The SMILES string of the molecule is CC(O)c1cccc(F)c1-n1cc(-c2ccccc2)cn1. The van der Waals surface area contributed by atoms with Crippen LogP contribution in [0.3, 0.4) is 0 Å². The van der Waals surface area contributed by atoms with E-state index in [4.69, 9.17) is 0 Å². The summed E-state index contributed by atoms with van der Waals surface area (Å²) in [5.74, 6) is -0.406. The van der Waals surface area contributed by atoms with Crippen molar-refractivity contribution < 1.29 is 9.50 Å². The van der Waals surface area contributed by atoms with Gasteiger partial charge in [0.05, 0.1) is 12.3 Å². The lowest BCUT2D eigenvalue weighted by Crippen LogP contribution is -2.05. The van der Waals surface area contributed by atoms with E-state index in [1.54, 1.807) is 31.5 Å². The summed E-state index contributed by atoms with van der Waals surface area (Å²) >= 11 is 0. The maximum atomic E-state index is 14.1. The van der Waals surface area contributed by atoms with E-state index < -0.39 is 11.9 Å². The molecule has 3 rings (SSSR count). The van der Waals surface area contributed by atoms with Crippen LogP contribution in [0.1, 0.15) is 18.6 Å². The van der Waals surface area contributed by atoms with E-state index >= 15 is 0 Å². The molecule has 1 atom stereocenters. The standard InChI is InChI=1S/C17H15FN2O/c1-12(21)15-8-5-9-16(18)17(15)20-11-14(10-19-20)13-6-3-2-4-7-13/h2-12,21H,1H3. The third-order valence-corrected chi connectivity index (χ3v) is 3.39. The normalized spacial score (nSPS) is 12.3. The molecule has 0 bridgehead atoms. The fourth-order valence-corrected chi connectivity index (χ4v) is 2.34. The fraction of sp³-hybridized carbons (Fsp3) is 0.118. The van der Waals surface area contributed by atoms with Gasteiger partial charge in [-0.1, -0.05) is 42.5 Å². The minimum atomic E-state index is -0.764. The third-order valence-electron chi connectivity index (χ3n) is 3.39. The Hall–Kier alpha value is -2.46. The van der Waals surface area contributed by atoms with Crippen LogP contribution in [0.15, 0.2) is 60.9 Å². The Labute approximate surface area is 122 Å². The molecule has 0 aliphatic heterocycles. The van der Waals surface area contributed by atoms with Gasteiger partial charge in [-0.05, 0) is 18.6 Å². The van der Waals surface area contributed by atoms with E-state index in [-0.39, 0.29) is 5.69 Å². The second kappa shape index (κ2) is 5.50. The van der Waals surface area contributed by atoms with Gasteiger partial charge in [0.15, 0.2) is 0 Å². The minimum absolute atomic E-state index is 0.287. The third kappa shape index (κ3) is 2.58. The molecule has 3 aromatic rings. The fourth-order valence-electron chi connectivity index (χ4n) is 2.34. The summed E-state index contributed by atoms with van der Waals surface area (Å²) in [5.41, 5.74) is 2.71. The molecule has 0 saturated heterocycles. The van der Waals surface area contributed by atoms with Crippen molar-refractivity contribution >= 4 is 0 Å². The number of para-hydroxylation sites is 1. The zero-order chi connectivity index (χ0) is 14.8. The topological polar surface area (TPSA) is 38.0 Å². The molecule has 0 fully saturated rings. The molecule has 0 amide bonds. The first-order valence-corrected chi connectivity index (χ1v) is 6.74. The molecule has 0 radical (unpaired) electrons. The van der Waals surface area contributed by atoms with E-state index in [1.807, 2.05) is 30.3 Å². The number of hydrogen-bond donors (Lipinski definition) is 1. The van der Waals surface area contributed by atoms with Crippen molar-refractivity contribution in [2.45, 2.75) is 13.0 Å². The predicted molar refractivity (Wildman–Crippen MR) is 79.6 cm³/mol. The number of hydrogen-bond acceptors (Lipinski definition) is 2. The number of aromatic nitrogens is 2. The van der Waals surface area contributed by atoms with Crippen molar-refractivity contribution in [3.05, 3.63) is 72.3 Å². The van der Waals surface area contributed by atoms with Crippen LogP contribution in [0.25, 0.3) is 16.8 Å². The van der Waals surface area contributed by atoms with Crippen molar-refractivity contribution in [3.63, 3.8) is 0 Å². The highest BCUT2D eigenvalue weighted by Crippen LogP contribution is 2.26. The highest BCUT2D eigenvalue weighted by atomic mass is 19.1. The zero-order valence-electron chi connectivity index (χ0n) is 11.6. The molecule has 1 heterocycles. The Morgan fingerprint density at radius 1 is 1.05 bits per heavy atom. The molecule has 4 heteroatoms. The van der Waals surface area contributed by atoms with Crippen LogP contribution in [0, 0.1) is 5.82 Å². The first-order chi connectivity index (χ1) is 10.2. The quantitative estimate of drug-likeness (QED) is 0.795. The summed E-state index contributed by atoms with van der Waals surface area (Å²) in [6.45, 7) is 1.61. The molecule has 0 aliphatic carbocycles. The first kappa shape index (κ1) is 13.5. The summed E-state index contributed by atoms with van der Waals surface area (Å²) < 4.78 is 15.6. The van der Waals surface area contributed by atoms with Gasteiger partial charge < -0.3 is 5.11 Å². The number of rotatable bonds is 3.